The van der Waals surface area contributed by atoms with Gasteiger partial charge in [-0.15, -0.1) is 0 Å². The van der Waals surface area contributed by atoms with E-state index in [1.54, 1.807) is 0 Å². The maximum Gasteiger partial charge on any atom is 0.249 e. The monoisotopic (exact) mass is 698 g/mol. The number of aliphatic hydroxyl groups is 4. The second kappa shape index (κ2) is 38.5. The fourth-order valence-electron chi connectivity index (χ4n) is 7.05. The molecule has 0 radical (unpaired) electrons. The van der Waals surface area contributed by atoms with Gasteiger partial charge in [-0.05, 0) is 12.8 Å². The van der Waals surface area contributed by atoms with E-state index >= 15 is 0 Å². The lowest BCUT2D eigenvalue weighted by Gasteiger charge is -2.27. The van der Waals surface area contributed by atoms with Crippen molar-refractivity contribution in [3.05, 3.63) is 0 Å². The first kappa shape index (κ1) is 48.3. The summed E-state index contributed by atoms with van der Waals surface area (Å²) in [5.74, 6) is -0.580. The molecule has 0 fully saturated rings. The molecule has 6 nitrogen and oxygen atoms in total. The maximum absolute atomic E-state index is 12.5. The summed E-state index contributed by atoms with van der Waals surface area (Å²) in [5.41, 5.74) is 0. The van der Waals surface area contributed by atoms with Crippen molar-refractivity contribution in [3.63, 3.8) is 0 Å². The van der Waals surface area contributed by atoms with E-state index in [0.29, 0.717) is 12.8 Å². The molecule has 0 bridgehead atoms. The number of rotatable bonds is 40. The minimum atomic E-state index is -1.25. The van der Waals surface area contributed by atoms with Gasteiger partial charge in [0.1, 0.15) is 12.2 Å². The van der Waals surface area contributed by atoms with Crippen LogP contribution in [-0.4, -0.2) is 57.3 Å². The first-order valence-electron chi connectivity index (χ1n) is 21.9. The normalized spacial score (nSPS) is 14.2. The number of carbonyl (C=O) groups excluding carboxylic acids is 1. The third-order valence-corrected chi connectivity index (χ3v) is 10.6. The van der Waals surface area contributed by atoms with Gasteiger partial charge in [-0.3, -0.25) is 4.79 Å². The highest BCUT2D eigenvalue weighted by Gasteiger charge is 2.28. The maximum atomic E-state index is 12.5. The number of hydrogen-bond acceptors (Lipinski definition) is 5. The van der Waals surface area contributed by atoms with Gasteiger partial charge in [0.2, 0.25) is 5.91 Å². The van der Waals surface area contributed by atoms with Gasteiger partial charge in [-0.1, -0.05) is 226 Å². The molecule has 0 aromatic carbocycles. The van der Waals surface area contributed by atoms with Crippen molar-refractivity contribution < 1.29 is 25.2 Å². The Kier molecular flexibility index (Phi) is 38.0. The minimum Gasteiger partial charge on any atom is -0.394 e. The van der Waals surface area contributed by atoms with E-state index in [-0.39, 0.29) is 0 Å². The molecule has 0 aromatic heterocycles. The van der Waals surface area contributed by atoms with E-state index in [0.717, 1.165) is 38.5 Å². The van der Waals surface area contributed by atoms with Crippen molar-refractivity contribution in [2.75, 3.05) is 6.61 Å². The summed E-state index contributed by atoms with van der Waals surface area (Å²) in [4.78, 5) is 12.5. The summed E-state index contributed by atoms with van der Waals surface area (Å²) < 4.78 is 0. The predicted molar refractivity (Wildman–Crippen MR) is 210 cm³/mol. The Morgan fingerprint density at radius 3 is 0.980 bits per heavy atom. The molecule has 0 spiro atoms. The summed E-state index contributed by atoms with van der Waals surface area (Å²) in [6.07, 6.45) is 39.9. The van der Waals surface area contributed by atoms with Crippen LogP contribution in [-0.2, 0) is 4.79 Å². The third-order valence-electron chi connectivity index (χ3n) is 10.6. The van der Waals surface area contributed by atoms with Crippen molar-refractivity contribution >= 4 is 5.91 Å². The molecule has 0 saturated heterocycles. The molecule has 0 aliphatic rings. The van der Waals surface area contributed by atoms with Gasteiger partial charge in [0.05, 0.1) is 18.8 Å². The van der Waals surface area contributed by atoms with Gasteiger partial charge in [-0.2, -0.15) is 0 Å². The van der Waals surface area contributed by atoms with Crippen molar-refractivity contribution in [2.45, 2.75) is 263 Å². The van der Waals surface area contributed by atoms with E-state index in [9.17, 15) is 25.2 Å². The number of aliphatic hydroxyl groups excluding tert-OH is 4. The molecule has 4 unspecified atom stereocenters. The van der Waals surface area contributed by atoms with Crippen LogP contribution in [0.3, 0.4) is 0 Å². The number of amides is 1. The number of nitrogens with one attached hydrogen (secondary N) is 1. The number of carbonyl (C=O) groups is 1. The van der Waals surface area contributed by atoms with Gasteiger partial charge < -0.3 is 25.7 Å². The molecule has 0 aliphatic carbocycles. The van der Waals surface area contributed by atoms with Crippen LogP contribution in [0, 0.1) is 0 Å². The fraction of sp³-hybridized carbons (Fsp3) is 0.977. The summed E-state index contributed by atoms with van der Waals surface area (Å²) in [6.45, 7) is 4.05. The number of unbranched alkanes of at least 4 members (excludes halogenated alkanes) is 31. The Labute approximate surface area is 305 Å². The first-order chi connectivity index (χ1) is 24.0. The van der Waals surface area contributed by atoms with Gasteiger partial charge in [-0.25, -0.2) is 0 Å². The molecule has 1 amide bonds. The smallest absolute Gasteiger partial charge is 0.249 e. The van der Waals surface area contributed by atoms with Gasteiger partial charge in [0, 0.05) is 0 Å². The molecule has 0 heterocycles. The van der Waals surface area contributed by atoms with Crippen LogP contribution in [0.5, 0.6) is 0 Å². The van der Waals surface area contributed by atoms with Gasteiger partial charge in [0.25, 0.3) is 0 Å². The second-order valence-electron chi connectivity index (χ2n) is 15.4. The highest BCUT2D eigenvalue weighted by molar-refractivity contribution is 5.80. The molecule has 5 N–H and O–H groups in total. The molecular weight excluding hydrogens is 610 g/mol. The largest absolute Gasteiger partial charge is 0.394 e. The van der Waals surface area contributed by atoms with Gasteiger partial charge in [0.15, 0.2) is 0 Å². The highest BCUT2D eigenvalue weighted by Crippen LogP contribution is 2.17. The van der Waals surface area contributed by atoms with Crippen LogP contribution in [0.2, 0.25) is 0 Å². The topological polar surface area (TPSA) is 110 Å². The van der Waals surface area contributed by atoms with Crippen LogP contribution >= 0.6 is 0 Å². The molecule has 0 rings (SSSR count). The van der Waals surface area contributed by atoms with E-state index in [4.69, 9.17) is 0 Å². The lowest BCUT2D eigenvalue weighted by Crippen LogP contribution is -2.53. The zero-order valence-corrected chi connectivity index (χ0v) is 33.0. The van der Waals surface area contributed by atoms with E-state index < -0.39 is 36.9 Å². The molecule has 6 heteroatoms. The van der Waals surface area contributed by atoms with Crippen molar-refractivity contribution in [1.29, 1.82) is 0 Å². The van der Waals surface area contributed by atoms with Crippen molar-refractivity contribution in [1.82, 2.24) is 5.32 Å². The van der Waals surface area contributed by atoms with Crippen LogP contribution in [0.1, 0.15) is 239 Å². The quantitative estimate of drug-likeness (QED) is 0.0409. The third kappa shape index (κ3) is 32.9. The molecule has 4 atom stereocenters. The summed E-state index contributed by atoms with van der Waals surface area (Å²) in [6, 6.07) is -0.978. The Morgan fingerprint density at radius 1 is 0.429 bits per heavy atom. The van der Waals surface area contributed by atoms with E-state index in [1.165, 1.54) is 173 Å². The summed E-state index contributed by atoms with van der Waals surface area (Å²) in [7, 11) is 0. The molecule has 0 saturated carbocycles. The van der Waals surface area contributed by atoms with E-state index in [1.807, 2.05) is 0 Å². The molecular formula is C43H87NO5. The standard InChI is InChI=1S/C43H87NO5/c1-3-5-7-9-11-13-15-17-18-19-20-21-22-23-24-25-27-29-31-33-35-37-41(47)43(49)44-39(38-45)42(48)40(46)36-34-32-30-28-26-16-14-12-10-8-6-4-2/h39-42,45-48H,3-38H2,1-2H3,(H,44,49). The average Bonchev–Trinajstić information content (AvgIpc) is 3.11. The van der Waals surface area contributed by atoms with Gasteiger partial charge >= 0.3 is 0 Å². The molecule has 294 valence electrons. The van der Waals surface area contributed by atoms with Crippen LogP contribution in [0.15, 0.2) is 0 Å². The lowest BCUT2D eigenvalue weighted by molar-refractivity contribution is -0.132. The zero-order valence-electron chi connectivity index (χ0n) is 33.0. The SMILES string of the molecule is CCCCCCCCCCCCCCCCCCCCCCCC(O)C(=O)NC(CO)C(O)C(O)CCCCCCCCCCCCCC. The molecule has 49 heavy (non-hydrogen) atoms. The highest BCUT2D eigenvalue weighted by atomic mass is 16.3. The van der Waals surface area contributed by atoms with Crippen molar-refractivity contribution in [2.24, 2.45) is 0 Å². The van der Waals surface area contributed by atoms with Crippen molar-refractivity contribution in [3.8, 4) is 0 Å². The molecule has 0 aromatic rings. The van der Waals surface area contributed by atoms with Crippen LogP contribution in [0.4, 0.5) is 0 Å². The summed E-state index contributed by atoms with van der Waals surface area (Å²) in [5, 5.41) is 43.6. The van der Waals surface area contributed by atoms with Crippen LogP contribution < -0.4 is 5.32 Å². The Morgan fingerprint density at radius 2 is 0.694 bits per heavy atom. The fourth-order valence-corrected chi connectivity index (χ4v) is 7.05. The molecule has 0 aliphatic heterocycles. The first-order valence-corrected chi connectivity index (χ1v) is 21.9. The Bertz CT molecular complexity index is 662. The Hall–Kier alpha value is -0.690. The predicted octanol–water partition coefficient (Wildman–Crippen LogP) is 11.2. The Balaban J connectivity index is 3.66. The zero-order chi connectivity index (χ0) is 36.0. The lowest BCUT2D eigenvalue weighted by atomic mass is 9.99. The number of hydrogen-bond donors (Lipinski definition) is 5. The van der Waals surface area contributed by atoms with E-state index in [2.05, 4.69) is 19.2 Å². The minimum absolute atomic E-state index is 0.376. The van der Waals surface area contributed by atoms with Crippen LogP contribution in [0.25, 0.3) is 0 Å². The second-order valence-corrected chi connectivity index (χ2v) is 15.4. The average molecular weight is 698 g/mol. The summed E-state index contributed by atoms with van der Waals surface area (Å²) >= 11 is 0.